The maximum atomic E-state index is 11.8. The lowest BCUT2D eigenvalue weighted by Crippen LogP contribution is -2.66. The summed E-state index contributed by atoms with van der Waals surface area (Å²) in [5.41, 5.74) is -1.95. The van der Waals surface area contributed by atoms with Gasteiger partial charge in [0.1, 0.15) is 12.2 Å². The van der Waals surface area contributed by atoms with Gasteiger partial charge in [0.15, 0.2) is 17.1 Å². The Bertz CT molecular complexity index is 448. The molecule has 98 valence electrons. The second kappa shape index (κ2) is 4.14. The SMILES string of the molecule is O=C1CC(O)C(=O)NC2(CN1)C(=O)CC(O)C2=O. The molecule has 1 heterocycles. The van der Waals surface area contributed by atoms with E-state index in [2.05, 4.69) is 10.6 Å². The van der Waals surface area contributed by atoms with Crippen molar-refractivity contribution in [2.75, 3.05) is 6.54 Å². The number of hydrogen-bond acceptors (Lipinski definition) is 6. The third-order valence-corrected chi connectivity index (χ3v) is 3.15. The fourth-order valence-corrected chi connectivity index (χ4v) is 2.09. The molecule has 0 bridgehead atoms. The van der Waals surface area contributed by atoms with E-state index < -0.39 is 60.5 Å². The van der Waals surface area contributed by atoms with Crippen LogP contribution in [0.5, 0.6) is 0 Å². The van der Waals surface area contributed by atoms with Crippen LogP contribution in [0.2, 0.25) is 0 Å². The van der Waals surface area contributed by atoms with Crippen molar-refractivity contribution in [2.45, 2.75) is 30.6 Å². The molecule has 1 saturated carbocycles. The number of aliphatic hydroxyl groups is 2. The molecule has 0 aromatic rings. The molecule has 2 aliphatic rings. The van der Waals surface area contributed by atoms with Crippen LogP contribution in [-0.4, -0.2) is 57.9 Å². The predicted octanol–water partition coefficient (Wildman–Crippen LogP) is -3.37. The lowest BCUT2D eigenvalue weighted by Gasteiger charge is -2.30. The molecule has 0 aromatic carbocycles. The molecule has 1 spiro atoms. The normalized spacial score (nSPS) is 37.2. The van der Waals surface area contributed by atoms with Crippen molar-refractivity contribution in [1.82, 2.24) is 10.6 Å². The van der Waals surface area contributed by atoms with Crippen LogP contribution in [0, 0.1) is 0 Å². The molecule has 1 aliphatic heterocycles. The Hall–Kier alpha value is -1.80. The van der Waals surface area contributed by atoms with Crippen LogP contribution in [0.1, 0.15) is 12.8 Å². The topological polar surface area (TPSA) is 133 Å². The van der Waals surface area contributed by atoms with Crippen molar-refractivity contribution in [3.8, 4) is 0 Å². The minimum atomic E-state index is -1.95. The number of carbonyl (C=O) groups excluding carboxylic acids is 4. The first-order chi connectivity index (χ1) is 8.36. The average molecular weight is 256 g/mol. The smallest absolute Gasteiger partial charge is 0.250 e. The van der Waals surface area contributed by atoms with Gasteiger partial charge in [0.25, 0.3) is 5.91 Å². The summed E-state index contributed by atoms with van der Waals surface area (Å²) in [6, 6.07) is 0. The third-order valence-electron chi connectivity index (χ3n) is 3.15. The van der Waals surface area contributed by atoms with E-state index in [0.29, 0.717) is 0 Å². The van der Waals surface area contributed by atoms with Gasteiger partial charge < -0.3 is 20.8 Å². The van der Waals surface area contributed by atoms with E-state index in [1.54, 1.807) is 0 Å². The van der Waals surface area contributed by atoms with Crippen molar-refractivity contribution < 1.29 is 29.4 Å². The molecule has 2 fully saturated rings. The summed E-state index contributed by atoms with van der Waals surface area (Å²) in [5, 5.41) is 23.2. The van der Waals surface area contributed by atoms with Crippen LogP contribution in [-0.2, 0) is 19.2 Å². The number of ketones is 2. The lowest BCUT2D eigenvalue weighted by atomic mass is 9.93. The van der Waals surface area contributed by atoms with E-state index >= 15 is 0 Å². The molecule has 0 aromatic heterocycles. The molecule has 3 unspecified atom stereocenters. The second-order valence-electron chi connectivity index (χ2n) is 4.40. The molecular weight excluding hydrogens is 244 g/mol. The number of hydrogen-bond donors (Lipinski definition) is 4. The highest BCUT2D eigenvalue weighted by Gasteiger charge is 2.56. The molecular formula is C10H12N2O6. The molecule has 4 N–H and O–H groups in total. The van der Waals surface area contributed by atoms with Gasteiger partial charge in [-0.3, -0.25) is 19.2 Å². The van der Waals surface area contributed by atoms with Crippen LogP contribution in [0.3, 0.4) is 0 Å². The van der Waals surface area contributed by atoms with E-state index in [1.807, 2.05) is 0 Å². The quantitative estimate of drug-likeness (QED) is 0.334. The number of nitrogens with one attached hydrogen (secondary N) is 2. The van der Waals surface area contributed by atoms with Crippen molar-refractivity contribution in [1.29, 1.82) is 0 Å². The van der Waals surface area contributed by atoms with Gasteiger partial charge in [0.05, 0.1) is 13.0 Å². The predicted molar refractivity (Wildman–Crippen MR) is 55.1 cm³/mol. The van der Waals surface area contributed by atoms with Crippen molar-refractivity contribution in [3.63, 3.8) is 0 Å². The number of rotatable bonds is 0. The Morgan fingerprint density at radius 1 is 1.06 bits per heavy atom. The number of Topliss-reactive ketones (excluding diaryl/α,β-unsaturated/α-hetero) is 2. The van der Waals surface area contributed by atoms with Gasteiger partial charge >= 0.3 is 0 Å². The van der Waals surface area contributed by atoms with Gasteiger partial charge in [0.2, 0.25) is 5.91 Å². The molecule has 2 amide bonds. The Morgan fingerprint density at radius 2 is 1.72 bits per heavy atom. The summed E-state index contributed by atoms with van der Waals surface area (Å²) in [6.45, 7) is -0.404. The van der Waals surface area contributed by atoms with Crippen LogP contribution in [0.25, 0.3) is 0 Å². The zero-order valence-electron chi connectivity index (χ0n) is 9.30. The standard InChI is InChI=1S/C10H12N2O6/c13-4-1-6(15)10(8(4)17)3-11-7(16)2-5(14)9(18)12-10/h4-5,13-14H,1-3H2,(H,11,16)(H,12,18). The highest BCUT2D eigenvalue weighted by molar-refractivity contribution is 6.21. The Balaban J connectivity index is 2.36. The van der Waals surface area contributed by atoms with Gasteiger partial charge in [-0.1, -0.05) is 0 Å². The molecule has 2 rings (SSSR count). The minimum absolute atomic E-state index is 0.404. The van der Waals surface area contributed by atoms with Gasteiger partial charge in [-0.25, -0.2) is 0 Å². The zero-order valence-corrected chi connectivity index (χ0v) is 9.30. The summed E-state index contributed by atoms with van der Waals surface area (Å²) < 4.78 is 0. The molecule has 1 saturated heterocycles. The van der Waals surface area contributed by atoms with Crippen LogP contribution >= 0.6 is 0 Å². The third kappa shape index (κ3) is 1.79. The van der Waals surface area contributed by atoms with Crippen molar-refractivity contribution in [2.24, 2.45) is 0 Å². The largest absolute Gasteiger partial charge is 0.385 e. The summed E-state index contributed by atoms with van der Waals surface area (Å²) in [6.07, 6.45) is -3.97. The molecule has 8 heteroatoms. The summed E-state index contributed by atoms with van der Waals surface area (Å²) in [7, 11) is 0. The fourth-order valence-electron chi connectivity index (χ4n) is 2.09. The zero-order chi connectivity index (χ0) is 13.5. The van der Waals surface area contributed by atoms with Gasteiger partial charge in [-0.2, -0.15) is 0 Å². The maximum Gasteiger partial charge on any atom is 0.250 e. The van der Waals surface area contributed by atoms with E-state index in [4.69, 9.17) is 0 Å². The molecule has 3 atom stereocenters. The van der Waals surface area contributed by atoms with E-state index in [-0.39, 0.29) is 0 Å². The number of aliphatic hydroxyl groups excluding tert-OH is 2. The van der Waals surface area contributed by atoms with E-state index in [1.165, 1.54) is 0 Å². The van der Waals surface area contributed by atoms with Crippen LogP contribution < -0.4 is 10.6 Å². The van der Waals surface area contributed by atoms with Gasteiger partial charge in [-0.05, 0) is 0 Å². The Morgan fingerprint density at radius 3 is 2.28 bits per heavy atom. The first-order valence-corrected chi connectivity index (χ1v) is 5.39. The number of carbonyl (C=O) groups is 4. The Kier molecular flexibility index (Phi) is 2.91. The summed E-state index contributed by atoms with van der Waals surface area (Å²) in [5.74, 6) is -3.16. The van der Waals surface area contributed by atoms with E-state index in [9.17, 15) is 29.4 Å². The van der Waals surface area contributed by atoms with Crippen LogP contribution in [0.4, 0.5) is 0 Å². The maximum absolute atomic E-state index is 11.8. The van der Waals surface area contributed by atoms with E-state index in [0.717, 1.165) is 0 Å². The lowest BCUT2D eigenvalue weighted by molar-refractivity contribution is -0.144. The molecule has 18 heavy (non-hydrogen) atoms. The summed E-state index contributed by atoms with van der Waals surface area (Å²) >= 11 is 0. The monoisotopic (exact) mass is 256 g/mol. The van der Waals surface area contributed by atoms with Gasteiger partial charge in [0, 0.05) is 6.42 Å². The van der Waals surface area contributed by atoms with Crippen LogP contribution in [0.15, 0.2) is 0 Å². The average Bonchev–Trinajstić information content (AvgIpc) is 2.50. The summed E-state index contributed by atoms with van der Waals surface area (Å²) in [4.78, 5) is 46.4. The highest BCUT2D eigenvalue weighted by atomic mass is 16.3. The van der Waals surface area contributed by atoms with Crippen molar-refractivity contribution >= 4 is 23.4 Å². The van der Waals surface area contributed by atoms with Crippen molar-refractivity contribution in [3.05, 3.63) is 0 Å². The molecule has 8 nitrogen and oxygen atoms in total. The molecule has 1 aliphatic carbocycles. The Labute approximate surface area is 101 Å². The second-order valence-corrected chi connectivity index (χ2v) is 4.40. The fraction of sp³-hybridized carbons (Fsp3) is 0.600. The highest BCUT2D eigenvalue weighted by Crippen LogP contribution is 2.24. The molecule has 0 radical (unpaired) electrons. The first kappa shape index (κ1) is 12.7. The first-order valence-electron chi connectivity index (χ1n) is 5.39. The minimum Gasteiger partial charge on any atom is -0.385 e. The number of amides is 2. The van der Waals surface area contributed by atoms with Gasteiger partial charge in [-0.15, -0.1) is 0 Å².